The highest BCUT2D eigenvalue weighted by molar-refractivity contribution is 5.85. The predicted octanol–water partition coefficient (Wildman–Crippen LogP) is 2.92. The smallest absolute Gasteiger partial charge is 0.161 e. The normalized spacial score (nSPS) is 13.6. The molecule has 1 aromatic carbocycles. The summed E-state index contributed by atoms with van der Waals surface area (Å²) in [6, 6.07) is 5.09. The summed E-state index contributed by atoms with van der Waals surface area (Å²) in [5.74, 6) is 1.86. The van der Waals surface area contributed by atoms with Gasteiger partial charge in [0, 0.05) is 0 Å². The lowest BCUT2D eigenvalue weighted by molar-refractivity contribution is 0.128. The number of benzene rings is 1. The van der Waals surface area contributed by atoms with Crippen LogP contribution in [0.5, 0.6) is 11.5 Å². The van der Waals surface area contributed by atoms with E-state index < -0.39 is 12.1 Å². The highest BCUT2D eigenvalue weighted by Crippen LogP contribution is 2.30. The Kier molecular flexibility index (Phi) is 8.62. The molecule has 3 N–H and O–H groups in total. The van der Waals surface area contributed by atoms with Gasteiger partial charge in [0.2, 0.25) is 0 Å². The van der Waals surface area contributed by atoms with E-state index in [9.17, 15) is 5.11 Å². The summed E-state index contributed by atoms with van der Waals surface area (Å²) < 4.78 is 10.4. The third-order valence-electron chi connectivity index (χ3n) is 3.25. The third kappa shape index (κ3) is 5.19. The molecule has 0 spiro atoms. The molecule has 0 aromatic heterocycles. The lowest BCUT2D eigenvalue weighted by Crippen LogP contribution is -2.26. The second-order valence-electron chi connectivity index (χ2n) is 5.18. The molecule has 0 aliphatic rings. The Morgan fingerprint density at radius 2 is 1.70 bits per heavy atom. The molecule has 0 heterocycles. The van der Waals surface area contributed by atoms with Crippen molar-refractivity contribution in [2.45, 2.75) is 38.8 Å². The monoisotopic (exact) mass is 303 g/mol. The van der Waals surface area contributed by atoms with Gasteiger partial charge in [0.1, 0.15) is 0 Å². The summed E-state index contributed by atoms with van der Waals surface area (Å²) in [5.41, 5.74) is 6.95. The van der Waals surface area contributed by atoms with Gasteiger partial charge >= 0.3 is 0 Å². The van der Waals surface area contributed by atoms with E-state index in [4.69, 9.17) is 15.2 Å². The van der Waals surface area contributed by atoms with Crippen molar-refractivity contribution >= 4 is 12.4 Å². The molecule has 0 saturated heterocycles. The zero-order valence-electron chi connectivity index (χ0n) is 12.6. The van der Waals surface area contributed by atoms with Gasteiger partial charge < -0.3 is 20.3 Å². The molecule has 0 amide bonds. The van der Waals surface area contributed by atoms with E-state index in [0.717, 1.165) is 12.0 Å². The van der Waals surface area contributed by atoms with Crippen molar-refractivity contribution in [3.63, 3.8) is 0 Å². The highest BCUT2D eigenvalue weighted by atomic mass is 35.5. The van der Waals surface area contributed by atoms with E-state index in [-0.39, 0.29) is 12.4 Å². The van der Waals surface area contributed by atoms with E-state index >= 15 is 0 Å². The Morgan fingerprint density at radius 1 is 1.10 bits per heavy atom. The molecule has 0 unspecified atom stereocenters. The third-order valence-corrected chi connectivity index (χ3v) is 3.25. The fourth-order valence-corrected chi connectivity index (χ4v) is 1.97. The van der Waals surface area contributed by atoms with Crippen molar-refractivity contribution in [1.29, 1.82) is 0 Å². The average molecular weight is 304 g/mol. The van der Waals surface area contributed by atoms with Gasteiger partial charge in [-0.15, -0.1) is 12.4 Å². The van der Waals surface area contributed by atoms with Crippen LogP contribution in [-0.2, 0) is 0 Å². The fourth-order valence-electron chi connectivity index (χ4n) is 1.97. The first kappa shape index (κ1) is 19.0. The maximum Gasteiger partial charge on any atom is 0.161 e. The van der Waals surface area contributed by atoms with Crippen molar-refractivity contribution in [2.75, 3.05) is 14.2 Å². The van der Waals surface area contributed by atoms with Gasteiger partial charge in [-0.1, -0.05) is 19.9 Å². The van der Waals surface area contributed by atoms with E-state index in [1.807, 2.05) is 18.2 Å². The van der Waals surface area contributed by atoms with Gasteiger partial charge in [0.05, 0.1) is 26.4 Å². The molecule has 4 nitrogen and oxygen atoms in total. The van der Waals surface area contributed by atoms with E-state index in [2.05, 4.69) is 13.8 Å². The highest BCUT2D eigenvalue weighted by Gasteiger charge is 2.18. The average Bonchev–Trinajstić information content (AvgIpc) is 2.42. The van der Waals surface area contributed by atoms with Crippen molar-refractivity contribution in [2.24, 2.45) is 11.7 Å². The van der Waals surface area contributed by atoms with Crippen LogP contribution >= 0.6 is 12.4 Å². The molecule has 116 valence electrons. The van der Waals surface area contributed by atoms with Crippen LogP contribution in [0.4, 0.5) is 0 Å². The van der Waals surface area contributed by atoms with Crippen molar-refractivity contribution in [3.05, 3.63) is 23.8 Å². The van der Waals surface area contributed by atoms with Gasteiger partial charge in [-0.3, -0.25) is 0 Å². The Morgan fingerprint density at radius 3 is 2.20 bits per heavy atom. The maximum atomic E-state index is 10.1. The summed E-state index contributed by atoms with van der Waals surface area (Å²) in [6.45, 7) is 4.27. The predicted molar refractivity (Wildman–Crippen MR) is 83.8 cm³/mol. The summed E-state index contributed by atoms with van der Waals surface area (Å²) in [4.78, 5) is 0. The first-order chi connectivity index (χ1) is 8.99. The zero-order chi connectivity index (χ0) is 14.4. The van der Waals surface area contributed by atoms with E-state index in [1.165, 1.54) is 0 Å². The van der Waals surface area contributed by atoms with E-state index in [0.29, 0.717) is 23.8 Å². The number of nitrogens with two attached hydrogens (primary N) is 1. The molecular weight excluding hydrogens is 278 g/mol. The molecule has 1 rings (SSSR count). The van der Waals surface area contributed by atoms with Crippen molar-refractivity contribution < 1.29 is 14.6 Å². The topological polar surface area (TPSA) is 64.7 Å². The van der Waals surface area contributed by atoms with Crippen LogP contribution in [0.3, 0.4) is 0 Å². The molecule has 0 bridgehead atoms. The second-order valence-corrected chi connectivity index (χ2v) is 5.18. The minimum Gasteiger partial charge on any atom is -0.493 e. The molecule has 0 saturated carbocycles. The number of ether oxygens (including phenoxy) is 2. The SMILES string of the molecule is COc1ccc([C@@H](N)[C@@H](O)CCC(C)C)cc1OC.Cl. The summed E-state index contributed by atoms with van der Waals surface area (Å²) in [6.07, 6.45) is 1.12. The Bertz CT molecular complexity index is 399. The minimum absolute atomic E-state index is 0. The lowest BCUT2D eigenvalue weighted by atomic mass is 9.96. The summed E-state index contributed by atoms with van der Waals surface area (Å²) in [7, 11) is 3.18. The molecule has 0 aliphatic heterocycles. The number of aliphatic hydroxyl groups excluding tert-OH is 1. The molecule has 0 aliphatic carbocycles. The van der Waals surface area contributed by atoms with Gasteiger partial charge in [0.15, 0.2) is 11.5 Å². The zero-order valence-corrected chi connectivity index (χ0v) is 13.4. The Labute approximate surface area is 127 Å². The van der Waals surface area contributed by atoms with Gasteiger partial charge in [-0.25, -0.2) is 0 Å². The first-order valence-corrected chi connectivity index (χ1v) is 6.65. The van der Waals surface area contributed by atoms with Crippen LogP contribution in [0.25, 0.3) is 0 Å². The standard InChI is InChI=1S/C15H25NO3.ClH/c1-10(2)5-7-12(17)15(16)11-6-8-13(18-3)14(9-11)19-4;/h6,8-10,12,15,17H,5,7,16H2,1-4H3;1H/t12-,15+;/m0./s1. The molecule has 2 atom stereocenters. The lowest BCUT2D eigenvalue weighted by Gasteiger charge is -2.21. The van der Waals surface area contributed by atoms with Gasteiger partial charge in [0.25, 0.3) is 0 Å². The number of hydrogen-bond donors (Lipinski definition) is 2. The second kappa shape index (κ2) is 9.06. The molecular formula is C15H26ClNO3. The number of rotatable bonds is 7. The number of methoxy groups -OCH3 is 2. The molecule has 1 aromatic rings. The maximum absolute atomic E-state index is 10.1. The van der Waals surface area contributed by atoms with Crippen LogP contribution in [-0.4, -0.2) is 25.4 Å². The van der Waals surface area contributed by atoms with E-state index in [1.54, 1.807) is 14.2 Å². The number of halogens is 1. The fraction of sp³-hybridized carbons (Fsp3) is 0.600. The number of aliphatic hydroxyl groups is 1. The van der Waals surface area contributed by atoms with Crippen LogP contribution < -0.4 is 15.2 Å². The molecule has 20 heavy (non-hydrogen) atoms. The molecule has 5 heteroatoms. The first-order valence-electron chi connectivity index (χ1n) is 6.65. The Hall–Kier alpha value is -0.970. The number of hydrogen-bond acceptors (Lipinski definition) is 4. The quantitative estimate of drug-likeness (QED) is 0.813. The molecule has 0 fully saturated rings. The Balaban J connectivity index is 0.00000361. The largest absolute Gasteiger partial charge is 0.493 e. The van der Waals surface area contributed by atoms with Gasteiger partial charge in [-0.2, -0.15) is 0 Å². The summed E-state index contributed by atoms with van der Waals surface area (Å²) >= 11 is 0. The van der Waals surface area contributed by atoms with Gasteiger partial charge in [-0.05, 0) is 36.5 Å². The van der Waals surface area contributed by atoms with Crippen molar-refractivity contribution in [1.82, 2.24) is 0 Å². The van der Waals surface area contributed by atoms with Crippen LogP contribution in [0.15, 0.2) is 18.2 Å². The van der Waals surface area contributed by atoms with Crippen LogP contribution in [0.2, 0.25) is 0 Å². The molecule has 0 radical (unpaired) electrons. The van der Waals surface area contributed by atoms with Crippen molar-refractivity contribution in [3.8, 4) is 11.5 Å². The van der Waals surface area contributed by atoms with Crippen LogP contribution in [0.1, 0.15) is 38.3 Å². The summed E-state index contributed by atoms with van der Waals surface area (Å²) in [5, 5.41) is 10.1. The van der Waals surface area contributed by atoms with Crippen LogP contribution in [0, 0.1) is 5.92 Å². The minimum atomic E-state index is -0.541.